The molecule has 1 aromatic rings. The van der Waals surface area contributed by atoms with Gasteiger partial charge >= 0.3 is 20.5 Å². The van der Waals surface area contributed by atoms with Crippen molar-refractivity contribution in [3.05, 3.63) is 23.8 Å². The molecule has 17 heavy (non-hydrogen) atoms. The van der Waals surface area contributed by atoms with Gasteiger partial charge < -0.3 is 0 Å². The van der Waals surface area contributed by atoms with E-state index in [1.165, 1.54) is 30.8 Å². The lowest BCUT2D eigenvalue weighted by Crippen LogP contribution is -2.13. The van der Waals surface area contributed by atoms with Crippen LogP contribution in [-0.2, 0) is 24.1 Å². The van der Waals surface area contributed by atoms with Gasteiger partial charge in [-0.1, -0.05) is 0 Å². The van der Waals surface area contributed by atoms with Crippen LogP contribution >= 0.6 is 11.8 Å². The first-order valence-corrected chi connectivity index (χ1v) is 8.24. The minimum Gasteiger partial charge on any atom is -0.263 e. The molecule has 0 heterocycles. The molecule has 0 amide bonds. The fourth-order valence-corrected chi connectivity index (χ4v) is 3.56. The van der Waals surface area contributed by atoms with Gasteiger partial charge in [-0.3, -0.25) is 4.55 Å². The van der Waals surface area contributed by atoms with Gasteiger partial charge in [-0.25, -0.2) is 0 Å². The van der Waals surface area contributed by atoms with E-state index in [2.05, 4.69) is 3.63 Å². The molecule has 1 N–H and O–H groups in total. The Balaban J connectivity index is 3.26. The fourth-order valence-electron chi connectivity index (χ4n) is 1.18. The van der Waals surface area contributed by atoms with Gasteiger partial charge in [-0.15, -0.1) is 15.4 Å². The lowest BCUT2D eigenvalue weighted by Gasteiger charge is -2.06. The van der Waals surface area contributed by atoms with Crippen molar-refractivity contribution in [2.75, 3.05) is 6.26 Å². The SMILES string of the molecule is CSc1ccc(S(=O)(=O)OS(=O)(=O)O)c(C)c1. The second-order valence-electron chi connectivity index (χ2n) is 3.08. The molecule has 0 radical (unpaired) electrons. The maximum Gasteiger partial charge on any atom is 0.412 e. The van der Waals surface area contributed by atoms with Gasteiger partial charge in [-0.05, 0) is 36.9 Å². The third-order valence-electron chi connectivity index (χ3n) is 1.83. The van der Waals surface area contributed by atoms with Crippen LogP contribution in [0.25, 0.3) is 0 Å². The van der Waals surface area contributed by atoms with Crippen LogP contribution in [0.3, 0.4) is 0 Å². The van der Waals surface area contributed by atoms with Crippen molar-refractivity contribution < 1.29 is 25.0 Å². The van der Waals surface area contributed by atoms with Crippen LogP contribution in [-0.4, -0.2) is 27.6 Å². The summed E-state index contributed by atoms with van der Waals surface area (Å²) in [5.41, 5.74) is 0.334. The molecule has 0 aliphatic rings. The number of hydrogen-bond donors (Lipinski definition) is 1. The van der Waals surface area contributed by atoms with Crippen molar-refractivity contribution in [2.45, 2.75) is 16.7 Å². The Bertz CT molecular complexity index is 617. The summed E-state index contributed by atoms with van der Waals surface area (Å²) in [4.78, 5) is 0.529. The van der Waals surface area contributed by atoms with Crippen molar-refractivity contribution in [2.24, 2.45) is 0 Å². The average Bonchev–Trinajstić information content (AvgIpc) is 2.13. The van der Waals surface area contributed by atoms with Gasteiger partial charge in [0.2, 0.25) is 0 Å². The van der Waals surface area contributed by atoms with Gasteiger partial charge in [0.15, 0.2) is 0 Å². The number of benzene rings is 1. The Morgan fingerprint density at radius 1 is 1.24 bits per heavy atom. The zero-order valence-electron chi connectivity index (χ0n) is 8.95. The van der Waals surface area contributed by atoms with E-state index in [-0.39, 0.29) is 4.90 Å². The van der Waals surface area contributed by atoms with Crippen molar-refractivity contribution in [1.82, 2.24) is 0 Å². The van der Waals surface area contributed by atoms with E-state index in [0.717, 1.165) is 4.90 Å². The third kappa shape index (κ3) is 3.96. The molecule has 9 heteroatoms. The molecule has 0 aliphatic carbocycles. The van der Waals surface area contributed by atoms with Crippen molar-refractivity contribution in [3.63, 3.8) is 0 Å². The molecule has 6 nitrogen and oxygen atoms in total. The maximum atomic E-state index is 11.5. The van der Waals surface area contributed by atoms with E-state index in [1.807, 2.05) is 6.26 Å². The Hall–Kier alpha value is -0.610. The van der Waals surface area contributed by atoms with Gasteiger partial charge in [0.05, 0.1) is 4.90 Å². The predicted molar refractivity (Wildman–Crippen MR) is 62.8 cm³/mol. The lowest BCUT2D eigenvalue weighted by atomic mass is 10.2. The highest BCUT2D eigenvalue weighted by Crippen LogP contribution is 2.24. The summed E-state index contributed by atoms with van der Waals surface area (Å²) >= 11 is 1.41. The molecule has 0 saturated heterocycles. The Morgan fingerprint density at radius 3 is 2.24 bits per heavy atom. The number of aryl methyl sites for hydroxylation is 1. The molecule has 0 unspecified atom stereocenters. The minimum atomic E-state index is -5.06. The van der Waals surface area contributed by atoms with Crippen LogP contribution in [0.5, 0.6) is 0 Å². The fraction of sp³-hybridized carbons (Fsp3) is 0.250. The van der Waals surface area contributed by atoms with Crippen LogP contribution in [0.15, 0.2) is 28.0 Å². The number of rotatable bonds is 4. The zero-order valence-corrected chi connectivity index (χ0v) is 11.4. The molecule has 0 aromatic heterocycles. The first kappa shape index (κ1) is 14.5. The molecule has 1 rings (SSSR count). The van der Waals surface area contributed by atoms with Crippen LogP contribution in [0, 0.1) is 6.92 Å². The second-order valence-corrected chi connectivity index (χ2v) is 6.71. The van der Waals surface area contributed by atoms with E-state index in [0.29, 0.717) is 5.56 Å². The Labute approximate surface area is 104 Å². The highest BCUT2D eigenvalue weighted by atomic mass is 32.3. The highest BCUT2D eigenvalue weighted by molar-refractivity contribution is 7.98. The van der Waals surface area contributed by atoms with Crippen LogP contribution < -0.4 is 0 Å². The summed E-state index contributed by atoms with van der Waals surface area (Å²) in [5, 5.41) is 0. The molecule has 0 saturated carbocycles. The van der Waals surface area contributed by atoms with Gasteiger partial charge in [0.25, 0.3) is 0 Å². The molecule has 0 atom stereocenters. The summed E-state index contributed by atoms with van der Waals surface area (Å²) < 4.78 is 55.8. The molecule has 0 fully saturated rings. The van der Waals surface area contributed by atoms with Gasteiger partial charge in [0, 0.05) is 4.90 Å². The predicted octanol–water partition coefficient (Wildman–Crippen LogP) is 1.23. The van der Waals surface area contributed by atoms with Crippen LogP contribution in [0.4, 0.5) is 0 Å². The maximum absolute atomic E-state index is 11.5. The third-order valence-corrected chi connectivity index (χ3v) is 4.95. The monoisotopic (exact) mass is 298 g/mol. The summed E-state index contributed by atoms with van der Waals surface area (Å²) in [7, 11) is -9.58. The Kier molecular flexibility index (Phi) is 4.20. The van der Waals surface area contributed by atoms with Crippen molar-refractivity contribution in [3.8, 4) is 0 Å². The normalized spacial score (nSPS) is 12.6. The standard InChI is InChI=1S/C8H10O6S3/c1-6-5-7(15-2)3-4-8(6)16(9,10)14-17(11,12)13/h3-5H,1-2H3,(H,11,12,13). The topological polar surface area (TPSA) is 97.7 Å². The summed E-state index contributed by atoms with van der Waals surface area (Å²) in [6.45, 7) is 1.50. The molecule has 0 bridgehead atoms. The quantitative estimate of drug-likeness (QED) is 0.659. The summed E-state index contributed by atoms with van der Waals surface area (Å²) in [6.07, 6.45) is 1.82. The Morgan fingerprint density at radius 2 is 1.82 bits per heavy atom. The largest absolute Gasteiger partial charge is 0.412 e. The number of thioether (sulfide) groups is 1. The molecular formula is C8H10O6S3. The first-order chi connectivity index (χ1) is 7.65. The van der Waals surface area contributed by atoms with E-state index in [1.54, 1.807) is 6.07 Å². The lowest BCUT2D eigenvalue weighted by molar-refractivity contribution is 0.383. The zero-order chi connectivity index (χ0) is 13.3. The van der Waals surface area contributed by atoms with E-state index >= 15 is 0 Å². The van der Waals surface area contributed by atoms with E-state index in [9.17, 15) is 16.8 Å². The second kappa shape index (κ2) is 4.94. The first-order valence-electron chi connectivity index (χ1n) is 4.24. The van der Waals surface area contributed by atoms with E-state index < -0.39 is 20.5 Å². The smallest absolute Gasteiger partial charge is 0.263 e. The molecule has 96 valence electrons. The number of hydrogen-bond acceptors (Lipinski definition) is 6. The average molecular weight is 298 g/mol. The van der Waals surface area contributed by atoms with Crippen molar-refractivity contribution >= 4 is 32.3 Å². The molecule has 1 aromatic carbocycles. The molecule has 0 spiro atoms. The molecule has 0 aliphatic heterocycles. The van der Waals surface area contributed by atoms with Crippen molar-refractivity contribution in [1.29, 1.82) is 0 Å². The summed E-state index contributed by atoms with van der Waals surface area (Å²) in [5.74, 6) is 0. The highest BCUT2D eigenvalue weighted by Gasteiger charge is 2.24. The van der Waals surface area contributed by atoms with E-state index in [4.69, 9.17) is 4.55 Å². The van der Waals surface area contributed by atoms with Gasteiger partial charge in [-0.2, -0.15) is 16.8 Å². The van der Waals surface area contributed by atoms with Crippen LogP contribution in [0.1, 0.15) is 5.56 Å². The summed E-state index contributed by atoms with van der Waals surface area (Å²) in [6, 6.07) is 4.31. The van der Waals surface area contributed by atoms with Crippen LogP contribution in [0.2, 0.25) is 0 Å². The molecular weight excluding hydrogens is 288 g/mol. The van der Waals surface area contributed by atoms with Gasteiger partial charge in [0.1, 0.15) is 0 Å². The minimum absolute atomic E-state index is 0.298.